The van der Waals surface area contributed by atoms with Crippen molar-refractivity contribution in [1.82, 2.24) is 0 Å². The van der Waals surface area contributed by atoms with Crippen LogP contribution in [0.15, 0.2) is 18.2 Å². The van der Waals surface area contributed by atoms with Gasteiger partial charge in [-0.3, -0.25) is 9.00 Å². The minimum atomic E-state index is -2.18. The summed E-state index contributed by atoms with van der Waals surface area (Å²) in [5.74, 6) is -0.629. The van der Waals surface area contributed by atoms with Crippen LogP contribution in [0.3, 0.4) is 0 Å². The molecule has 1 aliphatic heterocycles. The van der Waals surface area contributed by atoms with E-state index in [2.05, 4.69) is 4.90 Å². The summed E-state index contributed by atoms with van der Waals surface area (Å²) < 4.78 is 21.9. The molecule has 0 spiro atoms. The van der Waals surface area contributed by atoms with Gasteiger partial charge in [-0.05, 0) is 43.0 Å². The van der Waals surface area contributed by atoms with Gasteiger partial charge in [-0.2, -0.15) is 0 Å². The average molecular weight is 281 g/mol. The molecule has 0 saturated carbocycles. The van der Waals surface area contributed by atoms with Crippen LogP contribution in [0.2, 0.25) is 0 Å². The van der Waals surface area contributed by atoms with Crippen molar-refractivity contribution in [2.45, 2.75) is 25.0 Å². The van der Waals surface area contributed by atoms with Crippen LogP contribution in [-0.4, -0.2) is 27.8 Å². The molecule has 1 aromatic rings. The van der Waals surface area contributed by atoms with Crippen molar-refractivity contribution >= 4 is 22.7 Å². The largest absolute Gasteiger partial charge is 0.772 e. The highest BCUT2D eigenvalue weighted by atomic mass is 32.2. The fourth-order valence-corrected chi connectivity index (χ4v) is 2.91. The number of carbonyl (C=O) groups excluding carboxylic acids is 1. The Bertz CT molecular complexity index is 499. The second-order valence-corrected chi connectivity index (χ2v) is 5.60. The number of hydrogen-bond donors (Lipinski definition) is 1. The molecule has 5 nitrogen and oxygen atoms in total. The third kappa shape index (κ3) is 3.54. The first-order chi connectivity index (χ1) is 9.08. The van der Waals surface area contributed by atoms with Crippen LogP contribution in [0.5, 0.6) is 0 Å². The number of benzene rings is 1. The summed E-state index contributed by atoms with van der Waals surface area (Å²) >= 11 is -2.18. The molecule has 1 aromatic carbocycles. The summed E-state index contributed by atoms with van der Waals surface area (Å²) in [5, 5.41) is 0. The van der Waals surface area contributed by atoms with E-state index in [-0.39, 0.29) is 5.75 Å². The van der Waals surface area contributed by atoms with Crippen LogP contribution < -0.4 is 10.6 Å². The van der Waals surface area contributed by atoms with Gasteiger partial charge in [0.1, 0.15) is 0 Å². The molecule has 1 saturated heterocycles. The SMILES string of the molecule is NC(=O)c1ccc(N2CCCCC2)c(CS(=O)[O-])c1. The zero-order chi connectivity index (χ0) is 13.8. The van der Waals surface area contributed by atoms with Gasteiger partial charge in [0, 0.05) is 30.1 Å². The summed E-state index contributed by atoms with van der Waals surface area (Å²) in [6.45, 7) is 1.85. The smallest absolute Gasteiger partial charge is 0.248 e. The van der Waals surface area contributed by atoms with Gasteiger partial charge in [0.25, 0.3) is 0 Å². The Morgan fingerprint density at radius 2 is 2.00 bits per heavy atom. The standard InChI is InChI=1S/C13H18N2O3S/c14-13(16)10-4-5-12(11(8-10)9-19(17)18)15-6-2-1-3-7-15/h4-5,8H,1-3,6-7,9H2,(H2,14,16)(H,17,18)/p-1. The maximum Gasteiger partial charge on any atom is 0.248 e. The third-order valence-electron chi connectivity index (χ3n) is 3.33. The Labute approximate surface area is 115 Å². The monoisotopic (exact) mass is 281 g/mol. The minimum Gasteiger partial charge on any atom is -0.772 e. The number of anilines is 1. The van der Waals surface area contributed by atoms with Crippen molar-refractivity contribution < 1.29 is 13.6 Å². The average Bonchev–Trinajstić information content (AvgIpc) is 2.39. The Morgan fingerprint density at radius 3 is 2.58 bits per heavy atom. The molecule has 1 fully saturated rings. The summed E-state index contributed by atoms with van der Waals surface area (Å²) in [5.41, 5.74) is 7.13. The van der Waals surface area contributed by atoms with Gasteiger partial charge in [-0.25, -0.2) is 0 Å². The van der Waals surface area contributed by atoms with Gasteiger partial charge in [0.15, 0.2) is 0 Å². The van der Waals surface area contributed by atoms with Gasteiger partial charge in [0.05, 0.1) is 0 Å². The molecular formula is C13H17N2O3S-. The fraction of sp³-hybridized carbons (Fsp3) is 0.462. The topological polar surface area (TPSA) is 86.5 Å². The maximum atomic E-state index is 11.2. The zero-order valence-corrected chi connectivity index (χ0v) is 11.4. The Kier molecular flexibility index (Phi) is 4.55. The van der Waals surface area contributed by atoms with E-state index in [4.69, 9.17) is 5.73 Å². The molecule has 2 N–H and O–H groups in total. The molecule has 0 bridgehead atoms. The molecule has 1 aliphatic rings. The summed E-state index contributed by atoms with van der Waals surface area (Å²) in [4.78, 5) is 13.4. The van der Waals surface area contributed by atoms with E-state index in [0.29, 0.717) is 11.1 Å². The van der Waals surface area contributed by atoms with E-state index in [1.54, 1.807) is 18.2 Å². The first-order valence-electron chi connectivity index (χ1n) is 6.31. The Morgan fingerprint density at radius 1 is 1.32 bits per heavy atom. The molecule has 19 heavy (non-hydrogen) atoms. The van der Waals surface area contributed by atoms with Crippen molar-refractivity contribution in [3.05, 3.63) is 29.3 Å². The van der Waals surface area contributed by atoms with Crippen LogP contribution in [-0.2, 0) is 16.8 Å². The molecule has 0 radical (unpaired) electrons. The van der Waals surface area contributed by atoms with Crippen LogP contribution in [0.4, 0.5) is 5.69 Å². The van der Waals surface area contributed by atoms with Crippen LogP contribution in [0.1, 0.15) is 35.2 Å². The van der Waals surface area contributed by atoms with Crippen LogP contribution in [0, 0.1) is 0 Å². The molecule has 1 heterocycles. The number of primary amides is 1. The number of piperidine rings is 1. The first-order valence-corrected chi connectivity index (χ1v) is 7.56. The normalized spacial score (nSPS) is 17.2. The van der Waals surface area contributed by atoms with Crippen molar-refractivity contribution in [2.75, 3.05) is 18.0 Å². The highest BCUT2D eigenvalue weighted by Gasteiger charge is 2.15. The summed E-state index contributed by atoms with van der Waals surface area (Å²) in [6.07, 6.45) is 3.42. The Hall–Kier alpha value is -1.40. The number of hydrogen-bond acceptors (Lipinski definition) is 4. The van der Waals surface area contributed by atoms with Crippen molar-refractivity contribution in [3.63, 3.8) is 0 Å². The number of nitrogens with zero attached hydrogens (tertiary/aromatic N) is 1. The zero-order valence-electron chi connectivity index (χ0n) is 10.6. The van der Waals surface area contributed by atoms with E-state index in [1.165, 1.54) is 6.42 Å². The molecule has 1 amide bonds. The van der Waals surface area contributed by atoms with Gasteiger partial charge < -0.3 is 15.2 Å². The van der Waals surface area contributed by atoms with Gasteiger partial charge in [0.2, 0.25) is 5.91 Å². The second-order valence-electron chi connectivity index (χ2n) is 4.70. The molecular weight excluding hydrogens is 264 g/mol. The number of rotatable bonds is 4. The lowest BCUT2D eigenvalue weighted by Crippen LogP contribution is -2.30. The van der Waals surface area contributed by atoms with Gasteiger partial charge in [-0.15, -0.1) is 0 Å². The third-order valence-corrected chi connectivity index (χ3v) is 3.88. The van der Waals surface area contributed by atoms with Crippen LogP contribution >= 0.6 is 0 Å². The van der Waals surface area contributed by atoms with Gasteiger partial charge in [-0.1, -0.05) is 11.1 Å². The minimum absolute atomic E-state index is 0.0903. The second kappa shape index (κ2) is 6.16. The van der Waals surface area contributed by atoms with E-state index in [1.807, 2.05) is 0 Å². The summed E-state index contributed by atoms with van der Waals surface area (Å²) in [6, 6.07) is 5.04. The molecule has 0 aromatic heterocycles. The molecule has 0 aliphatic carbocycles. The number of amides is 1. The lowest BCUT2D eigenvalue weighted by atomic mass is 10.1. The molecule has 2 rings (SSSR count). The van der Waals surface area contributed by atoms with E-state index in [9.17, 15) is 13.6 Å². The lowest BCUT2D eigenvalue weighted by Gasteiger charge is -2.31. The fourth-order valence-electron chi connectivity index (χ4n) is 2.42. The number of carbonyl (C=O) groups is 1. The lowest BCUT2D eigenvalue weighted by molar-refractivity contribution is 0.1000. The Balaban J connectivity index is 2.34. The van der Waals surface area contributed by atoms with E-state index < -0.39 is 17.0 Å². The maximum absolute atomic E-state index is 11.2. The van der Waals surface area contributed by atoms with E-state index >= 15 is 0 Å². The van der Waals surface area contributed by atoms with Crippen molar-refractivity contribution in [2.24, 2.45) is 5.73 Å². The highest BCUT2D eigenvalue weighted by molar-refractivity contribution is 7.78. The van der Waals surface area contributed by atoms with E-state index in [0.717, 1.165) is 31.6 Å². The van der Waals surface area contributed by atoms with Gasteiger partial charge >= 0.3 is 0 Å². The first kappa shape index (κ1) is 14.0. The van der Waals surface area contributed by atoms with Crippen LogP contribution in [0.25, 0.3) is 0 Å². The molecule has 1 unspecified atom stereocenters. The highest BCUT2D eigenvalue weighted by Crippen LogP contribution is 2.26. The predicted molar refractivity (Wildman–Crippen MR) is 73.6 cm³/mol. The summed E-state index contributed by atoms with van der Waals surface area (Å²) in [7, 11) is 0. The van der Waals surface area contributed by atoms with Crippen molar-refractivity contribution in [1.29, 1.82) is 0 Å². The number of nitrogens with two attached hydrogens (primary N) is 1. The molecule has 6 heteroatoms. The molecule has 1 atom stereocenters. The quantitative estimate of drug-likeness (QED) is 0.839. The molecule has 104 valence electrons. The predicted octanol–water partition coefficient (Wildman–Crippen LogP) is 1.15. The van der Waals surface area contributed by atoms with Crippen molar-refractivity contribution in [3.8, 4) is 0 Å².